The lowest BCUT2D eigenvalue weighted by Crippen LogP contribution is -2.44. The summed E-state index contributed by atoms with van der Waals surface area (Å²) in [4.78, 5) is 0. The van der Waals surface area contributed by atoms with Gasteiger partial charge in [-0.1, -0.05) is 130 Å². The van der Waals surface area contributed by atoms with E-state index < -0.39 is 5.97 Å². The SMILES string of the molecule is CCCCCCCC(CCCCCCCCCCCCCC(C)C)C(OC)(OC)OC. The summed E-state index contributed by atoms with van der Waals surface area (Å²) in [5, 5.41) is 0. The van der Waals surface area contributed by atoms with Crippen LogP contribution in [0, 0.1) is 11.8 Å². The zero-order valence-electron chi connectivity index (χ0n) is 22.3. The van der Waals surface area contributed by atoms with Crippen molar-refractivity contribution < 1.29 is 14.2 Å². The molecule has 3 nitrogen and oxygen atoms in total. The fourth-order valence-corrected chi connectivity index (χ4v) is 4.78. The first-order chi connectivity index (χ1) is 15.1. The van der Waals surface area contributed by atoms with Gasteiger partial charge in [-0.15, -0.1) is 0 Å². The fourth-order valence-electron chi connectivity index (χ4n) is 4.78. The van der Waals surface area contributed by atoms with Crippen LogP contribution in [-0.2, 0) is 14.2 Å². The molecule has 0 bridgehead atoms. The van der Waals surface area contributed by atoms with Crippen LogP contribution >= 0.6 is 0 Å². The van der Waals surface area contributed by atoms with Crippen molar-refractivity contribution in [3.05, 3.63) is 0 Å². The third-order valence-electron chi connectivity index (χ3n) is 6.84. The van der Waals surface area contributed by atoms with E-state index in [1.807, 2.05) is 0 Å². The predicted octanol–water partition coefficient (Wildman–Crippen LogP) is 9.28. The third kappa shape index (κ3) is 16.2. The van der Waals surface area contributed by atoms with Crippen LogP contribution in [0.15, 0.2) is 0 Å². The van der Waals surface area contributed by atoms with Crippen molar-refractivity contribution in [3.8, 4) is 0 Å². The molecule has 1 unspecified atom stereocenters. The largest absolute Gasteiger partial charge is 0.331 e. The van der Waals surface area contributed by atoms with Gasteiger partial charge in [-0.25, -0.2) is 0 Å². The Hall–Kier alpha value is -0.120. The summed E-state index contributed by atoms with van der Waals surface area (Å²) in [6, 6.07) is 0. The predicted molar refractivity (Wildman–Crippen MR) is 135 cm³/mol. The molecule has 0 amide bonds. The number of unbranched alkanes of at least 4 members (excludes halogenated alkanes) is 14. The smallest absolute Gasteiger partial charge is 0.285 e. The minimum atomic E-state index is -0.875. The van der Waals surface area contributed by atoms with Gasteiger partial charge in [-0.05, 0) is 18.8 Å². The Balaban J connectivity index is 3.90. The van der Waals surface area contributed by atoms with Gasteiger partial charge in [0.15, 0.2) is 0 Å². The van der Waals surface area contributed by atoms with Gasteiger partial charge in [0.05, 0.1) is 0 Å². The second-order valence-corrected chi connectivity index (χ2v) is 9.98. The molecule has 0 aliphatic rings. The second kappa shape index (κ2) is 21.7. The molecular weight excluding hydrogens is 384 g/mol. The zero-order valence-corrected chi connectivity index (χ0v) is 22.3. The molecule has 0 rings (SSSR count). The van der Waals surface area contributed by atoms with E-state index in [2.05, 4.69) is 20.8 Å². The van der Waals surface area contributed by atoms with Crippen LogP contribution in [0.4, 0.5) is 0 Å². The van der Waals surface area contributed by atoms with Crippen LogP contribution in [-0.4, -0.2) is 27.3 Å². The van der Waals surface area contributed by atoms with Gasteiger partial charge in [-0.2, -0.15) is 0 Å². The summed E-state index contributed by atoms with van der Waals surface area (Å²) in [5.41, 5.74) is 0. The van der Waals surface area contributed by atoms with E-state index in [0.29, 0.717) is 5.92 Å². The fraction of sp³-hybridized carbons (Fsp3) is 1.00. The molecule has 0 spiro atoms. The summed E-state index contributed by atoms with van der Waals surface area (Å²) in [6.45, 7) is 6.93. The number of hydrogen-bond acceptors (Lipinski definition) is 3. The Bertz CT molecular complexity index is 344. The Labute approximate surface area is 196 Å². The van der Waals surface area contributed by atoms with E-state index in [0.717, 1.165) is 18.8 Å². The minimum Gasteiger partial charge on any atom is -0.331 e. The third-order valence-corrected chi connectivity index (χ3v) is 6.84. The first-order valence-electron chi connectivity index (χ1n) is 13.7. The summed E-state index contributed by atoms with van der Waals surface area (Å²) >= 11 is 0. The lowest BCUT2D eigenvalue weighted by molar-refractivity contribution is -0.380. The first kappa shape index (κ1) is 30.9. The van der Waals surface area contributed by atoms with Crippen molar-refractivity contribution in [1.29, 1.82) is 0 Å². The monoisotopic (exact) mass is 442 g/mol. The summed E-state index contributed by atoms with van der Waals surface area (Å²) in [7, 11) is 5.13. The Morgan fingerprint density at radius 3 is 1.13 bits per heavy atom. The zero-order chi connectivity index (χ0) is 23.2. The van der Waals surface area contributed by atoms with Crippen molar-refractivity contribution in [3.63, 3.8) is 0 Å². The van der Waals surface area contributed by atoms with Crippen LogP contribution in [0.2, 0.25) is 0 Å². The highest BCUT2D eigenvalue weighted by Crippen LogP contribution is 2.33. The van der Waals surface area contributed by atoms with Crippen molar-refractivity contribution in [2.24, 2.45) is 11.8 Å². The van der Waals surface area contributed by atoms with Gasteiger partial charge in [-0.3, -0.25) is 0 Å². The lowest BCUT2D eigenvalue weighted by atomic mass is 9.91. The highest BCUT2D eigenvalue weighted by Gasteiger charge is 2.39. The van der Waals surface area contributed by atoms with Gasteiger partial charge in [0.1, 0.15) is 0 Å². The molecule has 1 atom stereocenters. The van der Waals surface area contributed by atoms with E-state index in [1.165, 1.54) is 109 Å². The molecule has 0 aromatic carbocycles. The van der Waals surface area contributed by atoms with Crippen LogP contribution in [0.1, 0.15) is 143 Å². The standard InChI is InChI=1S/C28H58O3/c1-7-8-9-17-21-24-27(28(29-4,30-5)31-6)25-22-19-16-14-12-10-11-13-15-18-20-23-26(2)3/h26-27H,7-25H2,1-6H3. The van der Waals surface area contributed by atoms with E-state index in [1.54, 1.807) is 21.3 Å². The lowest BCUT2D eigenvalue weighted by Gasteiger charge is -2.36. The maximum absolute atomic E-state index is 5.70. The van der Waals surface area contributed by atoms with Gasteiger partial charge < -0.3 is 14.2 Å². The molecule has 0 aliphatic carbocycles. The Morgan fingerprint density at radius 1 is 0.484 bits per heavy atom. The number of methoxy groups -OCH3 is 3. The average molecular weight is 443 g/mol. The average Bonchev–Trinajstić information content (AvgIpc) is 2.77. The second-order valence-electron chi connectivity index (χ2n) is 9.98. The van der Waals surface area contributed by atoms with E-state index in [-0.39, 0.29) is 0 Å². The molecule has 0 saturated heterocycles. The maximum Gasteiger partial charge on any atom is 0.285 e. The van der Waals surface area contributed by atoms with Gasteiger partial charge >= 0.3 is 0 Å². The molecule has 0 saturated carbocycles. The molecule has 0 fully saturated rings. The van der Waals surface area contributed by atoms with Crippen LogP contribution < -0.4 is 0 Å². The summed E-state index contributed by atoms with van der Waals surface area (Å²) in [5.74, 6) is 0.306. The molecular formula is C28H58O3. The quantitative estimate of drug-likeness (QED) is 0.110. The van der Waals surface area contributed by atoms with Gasteiger partial charge in [0.2, 0.25) is 0 Å². The van der Waals surface area contributed by atoms with E-state index >= 15 is 0 Å². The topological polar surface area (TPSA) is 27.7 Å². The molecule has 3 heteroatoms. The number of hydrogen-bond donors (Lipinski definition) is 0. The highest BCUT2D eigenvalue weighted by atomic mass is 16.9. The highest BCUT2D eigenvalue weighted by molar-refractivity contribution is 4.71. The molecule has 0 aliphatic heterocycles. The first-order valence-corrected chi connectivity index (χ1v) is 13.7. The van der Waals surface area contributed by atoms with Crippen molar-refractivity contribution in [1.82, 2.24) is 0 Å². The molecule has 0 heterocycles. The molecule has 0 aromatic rings. The molecule has 0 N–H and O–H groups in total. The molecule has 31 heavy (non-hydrogen) atoms. The number of rotatable bonds is 24. The normalized spacial score (nSPS) is 13.3. The maximum atomic E-state index is 5.70. The van der Waals surface area contributed by atoms with Crippen LogP contribution in [0.5, 0.6) is 0 Å². The van der Waals surface area contributed by atoms with E-state index in [9.17, 15) is 0 Å². The number of ether oxygens (including phenoxy) is 3. The minimum absolute atomic E-state index is 0.310. The Kier molecular flexibility index (Phi) is 21.6. The van der Waals surface area contributed by atoms with Gasteiger partial charge in [0.25, 0.3) is 5.97 Å². The van der Waals surface area contributed by atoms with Crippen molar-refractivity contribution in [2.45, 2.75) is 149 Å². The van der Waals surface area contributed by atoms with Gasteiger partial charge in [0, 0.05) is 27.2 Å². The van der Waals surface area contributed by atoms with Crippen LogP contribution in [0.3, 0.4) is 0 Å². The van der Waals surface area contributed by atoms with Crippen LogP contribution in [0.25, 0.3) is 0 Å². The molecule has 0 radical (unpaired) electrons. The Morgan fingerprint density at radius 2 is 0.806 bits per heavy atom. The van der Waals surface area contributed by atoms with Crippen molar-refractivity contribution >= 4 is 0 Å². The molecule has 188 valence electrons. The summed E-state index contributed by atoms with van der Waals surface area (Å²) in [6.07, 6.45) is 25.4. The summed E-state index contributed by atoms with van der Waals surface area (Å²) < 4.78 is 17.1. The van der Waals surface area contributed by atoms with Crippen molar-refractivity contribution in [2.75, 3.05) is 21.3 Å². The van der Waals surface area contributed by atoms with E-state index in [4.69, 9.17) is 14.2 Å². The molecule has 0 aromatic heterocycles.